The maximum atomic E-state index is 13.1. The molecule has 5 nitrogen and oxygen atoms in total. The zero-order valence-electron chi connectivity index (χ0n) is 21.6. The number of nitrogens with zero attached hydrogens (tertiary/aromatic N) is 1. The summed E-state index contributed by atoms with van der Waals surface area (Å²) in [5.41, 5.74) is 4.54. The van der Waals surface area contributed by atoms with Gasteiger partial charge in [-0.3, -0.25) is 9.69 Å². The molecule has 0 unspecified atom stereocenters. The molecule has 1 aliphatic heterocycles. The minimum Gasteiger partial charge on any atom is -0.465 e. The van der Waals surface area contributed by atoms with Gasteiger partial charge in [-0.15, -0.1) is 0 Å². The topological polar surface area (TPSA) is 58.6 Å². The quantitative estimate of drug-likeness (QED) is 0.402. The number of benzene rings is 3. The summed E-state index contributed by atoms with van der Waals surface area (Å²) in [6.07, 6.45) is 4.05. The summed E-state index contributed by atoms with van der Waals surface area (Å²) < 4.78 is 4.78. The molecule has 1 spiro atoms. The van der Waals surface area contributed by atoms with E-state index in [9.17, 15) is 9.59 Å². The van der Waals surface area contributed by atoms with Crippen LogP contribution in [0, 0.1) is 11.3 Å². The summed E-state index contributed by atoms with van der Waals surface area (Å²) in [6.45, 7) is 3.57. The molecule has 1 N–H and O–H groups in total. The summed E-state index contributed by atoms with van der Waals surface area (Å²) in [6, 6.07) is 28.8. The molecule has 1 aliphatic carbocycles. The van der Waals surface area contributed by atoms with Gasteiger partial charge >= 0.3 is 5.97 Å². The Morgan fingerprint density at radius 1 is 0.919 bits per heavy atom. The molecule has 1 amide bonds. The predicted molar refractivity (Wildman–Crippen MR) is 145 cm³/mol. The minimum absolute atomic E-state index is 0.154. The molecule has 1 saturated heterocycles. The lowest BCUT2D eigenvalue weighted by molar-refractivity contribution is -0.123. The molecule has 3 aromatic carbocycles. The van der Waals surface area contributed by atoms with Crippen molar-refractivity contribution in [1.29, 1.82) is 0 Å². The van der Waals surface area contributed by atoms with Gasteiger partial charge in [0.25, 0.3) is 0 Å². The lowest BCUT2D eigenvalue weighted by Gasteiger charge is -2.32. The van der Waals surface area contributed by atoms with Crippen LogP contribution in [0.1, 0.15) is 58.6 Å². The van der Waals surface area contributed by atoms with Crippen LogP contribution in [0.2, 0.25) is 0 Å². The highest BCUT2D eigenvalue weighted by Gasteiger charge is 2.58. The second-order valence-electron chi connectivity index (χ2n) is 10.5. The number of esters is 1. The van der Waals surface area contributed by atoms with Crippen LogP contribution in [-0.2, 0) is 16.1 Å². The summed E-state index contributed by atoms with van der Waals surface area (Å²) >= 11 is 0. The van der Waals surface area contributed by atoms with Crippen molar-refractivity contribution >= 4 is 11.9 Å². The number of ether oxygens (including phenoxy) is 1. The third kappa shape index (κ3) is 5.94. The van der Waals surface area contributed by atoms with Crippen LogP contribution < -0.4 is 5.32 Å². The summed E-state index contributed by atoms with van der Waals surface area (Å²) in [5.74, 6) is 0.355. The van der Waals surface area contributed by atoms with E-state index in [1.807, 2.05) is 36.4 Å². The molecule has 3 aromatic rings. The SMILES string of the molecule is COC(=O)c1ccc(CN2CCC3(CC2)C[C@H]3C(=O)NCCC(c2ccccc2)c2ccccc2)cc1. The molecule has 0 bridgehead atoms. The first kappa shape index (κ1) is 25.2. The van der Waals surface area contributed by atoms with Gasteiger partial charge in [-0.05, 0) is 73.0 Å². The van der Waals surface area contributed by atoms with Crippen LogP contribution in [0.3, 0.4) is 0 Å². The number of amides is 1. The Bertz CT molecular complexity index is 1150. The van der Waals surface area contributed by atoms with E-state index in [2.05, 4.69) is 58.7 Å². The van der Waals surface area contributed by atoms with Crippen LogP contribution >= 0.6 is 0 Å². The van der Waals surface area contributed by atoms with E-state index in [1.54, 1.807) is 0 Å². The fourth-order valence-electron chi connectivity index (χ4n) is 5.91. The van der Waals surface area contributed by atoms with Gasteiger partial charge in [0.05, 0.1) is 12.7 Å². The third-order valence-electron chi connectivity index (χ3n) is 8.28. The number of likely N-dealkylation sites (tertiary alicyclic amines) is 1. The van der Waals surface area contributed by atoms with Gasteiger partial charge in [-0.1, -0.05) is 72.8 Å². The Morgan fingerprint density at radius 2 is 1.51 bits per heavy atom. The molecule has 192 valence electrons. The highest BCUT2D eigenvalue weighted by atomic mass is 16.5. The Labute approximate surface area is 219 Å². The zero-order chi connectivity index (χ0) is 25.7. The molecule has 2 fully saturated rings. The van der Waals surface area contributed by atoms with E-state index in [0.29, 0.717) is 12.1 Å². The molecule has 1 heterocycles. The maximum absolute atomic E-state index is 13.1. The van der Waals surface area contributed by atoms with E-state index >= 15 is 0 Å². The Hall–Kier alpha value is -3.44. The van der Waals surface area contributed by atoms with Crippen molar-refractivity contribution in [2.45, 2.75) is 38.1 Å². The first-order valence-electron chi connectivity index (χ1n) is 13.4. The highest BCUT2D eigenvalue weighted by Crippen LogP contribution is 2.59. The van der Waals surface area contributed by atoms with Gasteiger partial charge in [-0.2, -0.15) is 0 Å². The van der Waals surface area contributed by atoms with E-state index in [0.717, 1.165) is 45.3 Å². The van der Waals surface area contributed by atoms with E-state index in [-0.39, 0.29) is 29.1 Å². The van der Waals surface area contributed by atoms with Crippen molar-refractivity contribution in [3.63, 3.8) is 0 Å². The second-order valence-corrected chi connectivity index (χ2v) is 10.5. The van der Waals surface area contributed by atoms with Gasteiger partial charge in [0, 0.05) is 24.9 Å². The van der Waals surface area contributed by atoms with Crippen LogP contribution in [0.5, 0.6) is 0 Å². The van der Waals surface area contributed by atoms with Gasteiger partial charge in [-0.25, -0.2) is 4.79 Å². The number of nitrogens with one attached hydrogen (secondary N) is 1. The summed E-state index contributed by atoms with van der Waals surface area (Å²) in [5, 5.41) is 3.27. The van der Waals surface area contributed by atoms with Crippen molar-refractivity contribution in [1.82, 2.24) is 10.2 Å². The van der Waals surface area contributed by atoms with Crippen molar-refractivity contribution in [2.75, 3.05) is 26.7 Å². The summed E-state index contributed by atoms with van der Waals surface area (Å²) in [7, 11) is 1.40. The standard InChI is InChI=1S/C32H36N2O3/c1-37-31(36)27-14-12-24(13-15-27)23-34-20-17-32(18-21-34)22-29(32)30(35)33-19-16-28(25-8-4-2-5-9-25)26-10-6-3-7-11-26/h2-15,28-29H,16-23H2,1H3,(H,33,35)/t29-/m0/s1. The number of hydrogen-bond donors (Lipinski definition) is 1. The monoisotopic (exact) mass is 496 g/mol. The van der Waals surface area contributed by atoms with Crippen LogP contribution in [0.25, 0.3) is 0 Å². The minimum atomic E-state index is -0.305. The first-order valence-corrected chi connectivity index (χ1v) is 13.4. The molecule has 1 saturated carbocycles. The highest BCUT2D eigenvalue weighted by molar-refractivity contribution is 5.89. The van der Waals surface area contributed by atoms with Crippen molar-refractivity contribution in [3.05, 3.63) is 107 Å². The number of carbonyl (C=O) groups excluding carboxylic acids is 2. The summed E-state index contributed by atoms with van der Waals surface area (Å²) in [4.78, 5) is 27.2. The zero-order valence-corrected chi connectivity index (χ0v) is 21.6. The number of piperidine rings is 1. The molecule has 1 atom stereocenters. The Morgan fingerprint density at radius 3 is 2.08 bits per heavy atom. The predicted octanol–water partition coefficient (Wildman–Crippen LogP) is 5.41. The van der Waals surface area contributed by atoms with Crippen LogP contribution in [0.15, 0.2) is 84.9 Å². The molecule has 37 heavy (non-hydrogen) atoms. The average Bonchev–Trinajstić information content (AvgIpc) is 3.66. The lowest BCUT2D eigenvalue weighted by atomic mass is 9.88. The van der Waals surface area contributed by atoms with Gasteiger partial charge in [0.2, 0.25) is 5.91 Å². The van der Waals surface area contributed by atoms with Crippen molar-refractivity contribution in [3.8, 4) is 0 Å². The fourth-order valence-corrected chi connectivity index (χ4v) is 5.91. The number of hydrogen-bond acceptors (Lipinski definition) is 4. The number of rotatable bonds is 9. The fraction of sp³-hybridized carbons (Fsp3) is 0.375. The Balaban J connectivity index is 1.09. The molecule has 5 rings (SSSR count). The third-order valence-corrected chi connectivity index (χ3v) is 8.28. The van der Waals surface area contributed by atoms with Gasteiger partial charge in [0.1, 0.15) is 0 Å². The average molecular weight is 497 g/mol. The Kier molecular flexibility index (Phi) is 7.71. The maximum Gasteiger partial charge on any atom is 0.337 e. The second kappa shape index (κ2) is 11.3. The number of methoxy groups -OCH3 is 1. The molecule has 2 aliphatic rings. The van der Waals surface area contributed by atoms with E-state index in [1.165, 1.54) is 23.8 Å². The van der Waals surface area contributed by atoms with Crippen LogP contribution in [-0.4, -0.2) is 43.5 Å². The normalized spacial score (nSPS) is 18.5. The molecule has 0 radical (unpaired) electrons. The smallest absolute Gasteiger partial charge is 0.337 e. The molecular weight excluding hydrogens is 460 g/mol. The van der Waals surface area contributed by atoms with E-state index in [4.69, 9.17) is 4.74 Å². The van der Waals surface area contributed by atoms with Gasteiger partial charge in [0.15, 0.2) is 0 Å². The lowest BCUT2D eigenvalue weighted by Crippen LogP contribution is -2.37. The number of carbonyl (C=O) groups is 2. The largest absolute Gasteiger partial charge is 0.465 e. The van der Waals surface area contributed by atoms with Crippen LogP contribution in [0.4, 0.5) is 0 Å². The molecule has 5 heteroatoms. The molecule has 0 aromatic heterocycles. The molecular formula is C32H36N2O3. The van der Waals surface area contributed by atoms with Gasteiger partial charge < -0.3 is 10.1 Å². The van der Waals surface area contributed by atoms with E-state index < -0.39 is 0 Å². The van der Waals surface area contributed by atoms with Crippen molar-refractivity contribution < 1.29 is 14.3 Å². The first-order chi connectivity index (χ1) is 18.1. The van der Waals surface area contributed by atoms with Crippen molar-refractivity contribution in [2.24, 2.45) is 11.3 Å².